The van der Waals surface area contributed by atoms with Gasteiger partial charge in [0.25, 0.3) is 5.91 Å². The Morgan fingerprint density at radius 3 is 2.72 bits per heavy atom. The molecule has 1 fully saturated rings. The van der Waals surface area contributed by atoms with Gasteiger partial charge in [-0.25, -0.2) is 0 Å². The Hall–Kier alpha value is -2.44. The number of ketones is 1. The van der Waals surface area contributed by atoms with E-state index in [2.05, 4.69) is 10.3 Å². The number of aromatic nitrogens is 1. The second-order valence-corrected chi connectivity index (χ2v) is 7.96. The van der Waals surface area contributed by atoms with Crippen LogP contribution >= 0.6 is 11.6 Å². The quantitative estimate of drug-likeness (QED) is 0.644. The average Bonchev–Trinajstić information content (AvgIpc) is 2.71. The first-order valence-corrected chi connectivity index (χ1v) is 10.2. The normalized spacial score (nSPS) is 19.0. The summed E-state index contributed by atoms with van der Waals surface area (Å²) in [5.41, 5.74) is 1.41. The molecule has 2 atom stereocenters. The topological polar surface area (TPSA) is 99.5 Å². The zero-order valence-electron chi connectivity index (χ0n) is 16.1. The van der Waals surface area contributed by atoms with Crippen molar-refractivity contribution in [1.82, 2.24) is 10.3 Å². The maximum Gasteiger partial charge on any atom is 0.270 e. The summed E-state index contributed by atoms with van der Waals surface area (Å²) in [7, 11) is 0. The lowest BCUT2D eigenvalue weighted by Gasteiger charge is -2.30. The third-order valence-electron chi connectivity index (χ3n) is 5.35. The van der Waals surface area contributed by atoms with Crippen LogP contribution in [0.5, 0.6) is 5.75 Å². The van der Waals surface area contributed by atoms with E-state index >= 15 is 0 Å². The first kappa shape index (κ1) is 21.3. The number of pyridine rings is 1. The van der Waals surface area contributed by atoms with Crippen molar-refractivity contribution in [3.05, 3.63) is 58.4 Å². The molecule has 0 spiro atoms. The zero-order chi connectivity index (χ0) is 20.8. The van der Waals surface area contributed by atoms with E-state index in [1.54, 1.807) is 24.3 Å². The molecule has 6 nitrogen and oxygen atoms in total. The number of Topliss-reactive ketones (excluding diaryl/α,β-unsaturated/α-hetero) is 1. The molecule has 0 bridgehead atoms. The number of nitrogens with zero attached hydrogens (tertiary/aromatic N) is 1. The molecule has 1 aromatic carbocycles. The van der Waals surface area contributed by atoms with Crippen molar-refractivity contribution < 1.29 is 19.8 Å². The van der Waals surface area contributed by atoms with Crippen LogP contribution in [0, 0.1) is 5.92 Å². The number of rotatable bonds is 7. The van der Waals surface area contributed by atoms with Crippen molar-refractivity contribution in [2.75, 3.05) is 6.61 Å². The van der Waals surface area contributed by atoms with Gasteiger partial charge in [-0.2, -0.15) is 0 Å². The lowest BCUT2D eigenvalue weighted by molar-refractivity contribution is -0.117. The standard InChI is InChI=1S/C22H25ClN2O4/c23-17-5-6-21(28)16(11-17)12-18(27)9-14-7-8-24-20(10-14)22(29)25-19-4-2-1-3-15(19)13-26/h5-8,10-11,15,19,26,28H,1-4,9,12-13H2,(H,25,29)/t15-,19-/m0/s1. The second-order valence-electron chi connectivity index (χ2n) is 7.52. The fraction of sp³-hybridized carbons (Fsp3) is 0.409. The average molecular weight is 417 g/mol. The molecule has 0 saturated heterocycles. The number of halogens is 1. The number of nitrogens with one attached hydrogen (secondary N) is 1. The van der Waals surface area contributed by atoms with Gasteiger partial charge in [-0.1, -0.05) is 24.4 Å². The molecule has 2 aromatic rings. The summed E-state index contributed by atoms with van der Waals surface area (Å²) in [5.74, 6) is -0.295. The summed E-state index contributed by atoms with van der Waals surface area (Å²) in [6, 6.07) is 7.85. The minimum Gasteiger partial charge on any atom is -0.508 e. The van der Waals surface area contributed by atoms with E-state index in [0.717, 1.165) is 25.7 Å². The number of hydrogen-bond donors (Lipinski definition) is 3. The molecule has 1 amide bonds. The van der Waals surface area contributed by atoms with E-state index in [1.165, 1.54) is 12.3 Å². The number of carbonyl (C=O) groups is 2. The summed E-state index contributed by atoms with van der Waals surface area (Å²) in [6.07, 6.45) is 5.53. The molecule has 1 aliphatic carbocycles. The Kier molecular flexibility index (Phi) is 7.23. The molecule has 1 aromatic heterocycles. The fourth-order valence-corrected chi connectivity index (χ4v) is 3.96. The summed E-state index contributed by atoms with van der Waals surface area (Å²) in [5, 5.41) is 22.8. The third kappa shape index (κ3) is 5.78. The SMILES string of the molecule is O=C(Cc1ccnc(C(=O)N[C@H]2CCCC[C@H]2CO)c1)Cc1cc(Cl)ccc1O. The Bertz CT molecular complexity index is 887. The van der Waals surface area contributed by atoms with Crippen molar-refractivity contribution in [3.63, 3.8) is 0 Å². The molecular formula is C22H25ClN2O4. The smallest absolute Gasteiger partial charge is 0.270 e. The molecule has 7 heteroatoms. The van der Waals surface area contributed by atoms with Crippen LogP contribution in [-0.4, -0.2) is 39.5 Å². The van der Waals surface area contributed by atoms with E-state index in [0.29, 0.717) is 16.1 Å². The molecule has 0 aliphatic heterocycles. The van der Waals surface area contributed by atoms with Crippen LogP contribution in [0.15, 0.2) is 36.5 Å². The molecule has 3 N–H and O–H groups in total. The lowest BCUT2D eigenvalue weighted by Crippen LogP contribution is -2.43. The van der Waals surface area contributed by atoms with Crippen LogP contribution in [0.2, 0.25) is 5.02 Å². The van der Waals surface area contributed by atoms with Gasteiger partial charge < -0.3 is 15.5 Å². The third-order valence-corrected chi connectivity index (χ3v) is 5.58. The predicted octanol–water partition coefficient (Wildman–Crippen LogP) is 3.08. The summed E-state index contributed by atoms with van der Waals surface area (Å²) in [6.45, 7) is 0.0588. The largest absolute Gasteiger partial charge is 0.508 e. The molecule has 1 heterocycles. The number of aromatic hydroxyl groups is 1. The first-order chi connectivity index (χ1) is 14.0. The number of amides is 1. The van der Waals surface area contributed by atoms with Gasteiger partial charge in [-0.3, -0.25) is 14.6 Å². The van der Waals surface area contributed by atoms with Crippen LogP contribution < -0.4 is 5.32 Å². The van der Waals surface area contributed by atoms with Crippen LogP contribution in [0.25, 0.3) is 0 Å². The maximum atomic E-state index is 12.6. The number of carbonyl (C=O) groups excluding carboxylic acids is 2. The van der Waals surface area contributed by atoms with Crippen molar-refractivity contribution in [1.29, 1.82) is 0 Å². The lowest BCUT2D eigenvalue weighted by atomic mass is 9.85. The molecule has 3 rings (SSSR count). The van der Waals surface area contributed by atoms with Crippen molar-refractivity contribution in [2.45, 2.75) is 44.6 Å². The highest BCUT2D eigenvalue weighted by Crippen LogP contribution is 2.24. The van der Waals surface area contributed by atoms with Crippen molar-refractivity contribution in [2.24, 2.45) is 5.92 Å². The number of aliphatic hydroxyl groups is 1. The van der Waals surface area contributed by atoms with Gasteiger partial charge in [-0.05, 0) is 48.7 Å². The number of benzene rings is 1. The summed E-state index contributed by atoms with van der Waals surface area (Å²) >= 11 is 5.93. The Morgan fingerprint density at radius 1 is 1.14 bits per heavy atom. The molecule has 29 heavy (non-hydrogen) atoms. The fourth-order valence-electron chi connectivity index (χ4n) is 3.77. The number of hydrogen-bond acceptors (Lipinski definition) is 5. The van der Waals surface area contributed by atoms with Gasteiger partial charge in [0, 0.05) is 48.2 Å². The van der Waals surface area contributed by atoms with E-state index in [-0.39, 0.29) is 54.5 Å². The van der Waals surface area contributed by atoms with Gasteiger partial charge in [0.15, 0.2) is 0 Å². The van der Waals surface area contributed by atoms with Crippen molar-refractivity contribution in [3.8, 4) is 5.75 Å². The molecular weight excluding hydrogens is 392 g/mol. The van der Waals surface area contributed by atoms with Gasteiger partial charge in [0.1, 0.15) is 17.2 Å². The minimum atomic E-state index is -0.294. The van der Waals surface area contributed by atoms with Crippen LogP contribution in [0.3, 0.4) is 0 Å². The van der Waals surface area contributed by atoms with E-state index in [4.69, 9.17) is 11.6 Å². The molecule has 154 valence electrons. The van der Waals surface area contributed by atoms with Crippen LogP contribution in [-0.2, 0) is 17.6 Å². The van der Waals surface area contributed by atoms with Crippen LogP contribution in [0.1, 0.15) is 47.3 Å². The number of aliphatic hydroxyl groups excluding tert-OH is 1. The highest BCUT2D eigenvalue weighted by Gasteiger charge is 2.26. The van der Waals surface area contributed by atoms with Gasteiger partial charge in [-0.15, -0.1) is 0 Å². The number of phenols is 1. The van der Waals surface area contributed by atoms with Gasteiger partial charge in [0.05, 0.1) is 0 Å². The number of phenolic OH excluding ortho intramolecular Hbond substituents is 1. The van der Waals surface area contributed by atoms with Gasteiger partial charge in [0.2, 0.25) is 0 Å². The first-order valence-electron chi connectivity index (χ1n) is 9.82. The molecule has 0 unspecified atom stereocenters. The molecule has 1 saturated carbocycles. The Labute approximate surface area is 174 Å². The Morgan fingerprint density at radius 2 is 1.93 bits per heavy atom. The maximum absolute atomic E-state index is 12.6. The minimum absolute atomic E-state index is 0.0310. The molecule has 0 radical (unpaired) electrons. The predicted molar refractivity (Wildman–Crippen MR) is 110 cm³/mol. The zero-order valence-corrected chi connectivity index (χ0v) is 16.9. The Balaban J connectivity index is 1.63. The molecule has 1 aliphatic rings. The van der Waals surface area contributed by atoms with Gasteiger partial charge >= 0.3 is 0 Å². The monoisotopic (exact) mass is 416 g/mol. The summed E-state index contributed by atoms with van der Waals surface area (Å²) in [4.78, 5) is 29.1. The van der Waals surface area contributed by atoms with E-state index < -0.39 is 0 Å². The summed E-state index contributed by atoms with van der Waals surface area (Å²) < 4.78 is 0. The van der Waals surface area contributed by atoms with Crippen molar-refractivity contribution >= 4 is 23.3 Å². The highest BCUT2D eigenvalue weighted by atomic mass is 35.5. The van der Waals surface area contributed by atoms with E-state index in [1.807, 2.05) is 0 Å². The highest BCUT2D eigenvalue weighted by molar-refractivity contribution is 6.30. The second kappa shape index (κ2) is 9.85. The van der Waals surface area contributed by atoms with E-state index in [9.17, 15) is 19.8 Å². The van der Waals surface area contributed by atoms with Crippen LogP contribution in [0.4, 0.5) is 0 Å².